The van der Waals surface area contributed by atoms with E-state index in [1.165, 1.54) is 0 Å². The van der Waals surface area contributed by atoms with Crippen molar-refractivity contribution in [3.63, 3.8) is 0 Å². The number of nitriles is 1. The SMILES string of the molecule is C=C(OCC)c1nc(N)nc(C)c1C#N. The smallest absolute Gasteiger partial charge is 0.220 e. The Balaban J connectivity index is 3.28. The van der Waals surface area contributed by atoms with E-state index in [1.807, 2.05) is 13.0 Å². The number of nitrogens with zero attached hydrogens (tertiary/aromatic N) is 3. The first-order valence-corrected chi connectivity index (χ1v) is 4.46. The molecule has 0 saturated heterocycles. The molecule has 0 saturated carbocycles. The van der Waals surface area contributed by atoms with Gasteiger partial charge in [0.15, 0.2) is 0 Å². The molecule has 0 aromatic carbocycles. The molecule has 2 N–H and O–H groups in total. The molecule has 5 heteroatoms. The second-order valence-corrected chi connectivity index (χ2v) is 2.86. The quantitative estimate of drug-likeness (QED) is 0.749. The number of aromatic nitrogens is 2. The molecule has 0 aliphatic rings. The van der Waals surface area contributed by atoms with Crippen molar-refractivity contribution in [2.45, 2.75) is 13.8 Å². The predicted molar refractivity (Wildman–Crippen MR) is 56.6 cm³/mol. The largest absolute Gasteiger partial charge is 0.492 e. The van der Waals surface area contributed by atoms with Crippen LogP contribution in [0, 0.1) is 18.3 Å². The molecular formula is C10H12N4O. The summed E-state index contributed by atoms with van der Waals surface area (Å²) in [5, 5.41) is 8.94. The van der Waals surface area contributed by atoms with Crippen LogP contribution in [0.15, 0.2) is 6.58 Å². The maximum Gasteiger partial charge on any atom is 0.220 e. The molecule has 0 amide bonds. The Morgan fingerprint density at radius 1 is 1.60 bits per heavy atom. The van der Waals surface area contributed by atoms with Crippen molar-refractivity contribution in [1.29, 1.82) is 5.26 Å². The molecular weight excluding hydrogens is 192 g/mol. The van der Waals surface area contributed by atoms with Crippen molar-refractivity contribution in [3.05, 3.63) is 23.5 Å². The number of anilines is 1. The van der Waals surface area contributed by atoms with E-state index in [0.29, 0.717) is 29.3 Å². The summed E-state index contributed by atoms with van der Waals surface area (Å²) in [6.45, 7) is 7.67. The van der Waals surface area contributed by atoms with Gasteiger partial charge in [0, 0.05) is 0 Å². The Morgan fingerprint density at radius 2 is 2.27 bits per heavy atom. The first-order chi connectivity index (χ1) is 7.10. The van der Waals surface area contributed by atoms with Gasteiger partial charge in [0.2, 0.25) is 5.95 Å². The molecule has 0 atom stereocenters. The van der Waals surface area contributed by atoms with Gasteiger partial charge in [-0.15, -0.1) is 0 Å². The van der Waals surface area contributed by atoms with Crippen molar-refractivity contribution < 1.29 is 4.74 Å². The van der Waals surface area contributed by atoms with E-state index in [2.05, 4.69) is 16.5 Å². The summed E-state index contributed by atoms with van der Waals surface area (Å²) in [6.07, 6.45) is 0. The summed E-state index contributed by atoms with van der Waals surface area (Å²) in [7, 11) is 0. The van der Waals surface area contributed by atoms with Gasteiger partial charge in [-0.1, -0.05) is 6.58 Å². The van der Waals surface area contributed by atoms with E-state index in [1.54, 1.807) is 6.92 Å². The molecule has 0 aliphatic heterocycles. The first kappa shape index (κ1) is 11.0. The van der Waals surface area contributed by atoms with Crippen LogP contribution >= 0.6 is 0 Å². The van der Waals surface area contributed by atoms with Crippen molar-refractivity contribution in [3.8, 4) is 6.07 Å². The van der Waals surface area contributed by atoms with Crippen molar-refractivity contribution >= 4 is 11.7 Å². The molecule has 15 heavy (non-hydrogen) atoms. The Morgan fingerprint density at radius 3 is 2.80 bits per heavy atom. The summed E-state index contributed by atoms with van der Waals surface area (Å²) >= 11 is 0. The molecule has 78 valence electrons. The van der Waals surface area contributed by atoms with E-state index in [9.17, 15) is 0 Å². The fraction of sp³-hybridized carbons (Fsp3) is 0.300. The number of hydrogen-bond donors (Lipinski definition) is 1. The number of hydrogen-bond acceptors (Lipinski definition) is 5. The van der Waals surface area contributed by atoms with Gasteiger partial charge in [0.1, 0.15) is 23.1 Å². The molecule has 5 nitrogen and oxygen atoms in total. The zero-order chi connectivity index (χ0) is 11.4. The summed E-state index contributed by atoms with van der Waals surface area (Å²) < 4.78 is 5.19. The van der Waals surface area contributed by atoms with Crippen molar-refractivity contribution in [1.82, 2.24) is 9.97 Å². The van der Waals surface area contributed by atoms with E-state index >= 15 is 0 Å². The Kier molecular flexibility index (Phi) is 3.24. The molecule has 0 unspecified atom stereocenters. The lowest BCUT2D eigenvalue weighted by molar-refractivity contribution is 0.297. The fourth-order valence-electron chi connectivity index (χ4n) is 1.17. The lowest BCUT2D eigenvalue weighted by Crippen LogP contribution is -2.06. The molecule has 0 radical (unpaired) electrons. The van der Waals surface area contributed by atoms with Crippen LogP contribution in [0.1, 0.15) is 23.9 Å². The second kappa shape index (κ2) is 4.42. The maximum atomic E-state index is 8.94. The molecule has 0 fully saturated rings. The maximum absolute atomic E-state index is 8.94. The number of nitrogen functional groups attached to an aromatic ring is 1. The van der Waals surface area contributed by atoms with Gasteiger partial charge in [0.05, 0.1) is 12.3 Å². The number of ether oxygens (including phenoxy) is 1. The highest BCUT2D eigenvalue weighted by atomic mass is 16.5. The number of rotatable bonds is 3. The average molecular weight is 204 g/mol. The topological polar surface area (TPSA) is 84.8 Å². The number of aryl methyl sites for hydroxylation is 1. The summed E-state index contributed by atoms with van der Waals surface area (Å²) in [5.74, 6) is 0.452. The zero-order valence-corrected chi connectivity index (χ0v) is 8.74. The highest BCUT2D eigenvalue weighted by Crippen LogP contribution is 2.18. The van der Waals surface area contributed by atoms with Crippen LogP contribution in [-0.2, 0) is 4.74 Å². The molecule has 0 aliphatic carbocycles. The Hall–Kier alpha value is -2.09. The van der Waals surface area contributed by atoms with Gasteiger partial charge in [-0.05, 0) is 13.8 Å². The Labute approximate surface area is 88.2 Å². The third-order valence-electron chi connectivity index (χ3n) is 1.80. The highest BCUT2D eigenvalue weighted by molar-refractivity contribution is 5.62. The molecule has 1 rings (SSSR count). The van der Waals surface area contributed by atoms with Crippen LogP contribution in [0.25, 0.3) is 5.76 Å². The molecule has 1 heterocycles. The predicted octanol–water partition coefficient (Wildman–Crippen LogP) is 1.25. The summed E-state index contributed by atoms with van der Waals surface area (Å²) in [4.78, 5) is 7.84. The molecule has 1 aromatic heterocycles. The minimum atomic E-state index is 0.113. The van der Waals surface area contributed by atoms with Gasteiger partial charge in [-0.3, -0.25) is 0 Å². The van der Waals surface area contributed by atoms with E-state index < -0.39 is 0 Å². The van der Waals surface area contributed by atoms with Gasteiger partial charge < -0.3 is 10.5 Å². The van der Waals surface area contributed by atoms with E-state index in [4.69, 9.17) is 15.7 Å². The minimum absolute atomic E-state index is 0.113. The lowest BCUT2D eigenvalue weighted by Gasteiger charge is -2.09. The second-order valence-electron chi connectivity index (χ2n) is 2.86. The monoisotopic (exact) mass is 204 g/mol. The van der Waals surface area contributed by atoms with Crippen LogP contribution < -0.4 is 5.73 Å². The van der Waals surface area contributed by atoms with Crippen molar-refractivity contribution in [2.75, 3.05) is 12.3 Å². The van der Waals surface area contributed by atoms with Crippen LogP contribution in [0.4, 0.5) is 5.95 Å². The third kappa shape index (κ3) is 2.23. The third-order valence-corrected chi connectivity index (χ3v) is 1.80. The normalized spacial score (nSPS) is 9.40. The van der Waals surface area contributed by atoms with Gasteiger partial charge in [-0.25, -0.2) is 9.97 Å². The van der Waals surface area contributed by atoms with Crippen molar-refractivity contribution in [2.24, 2.45) is 0 Å². The number of nitrogens with two attached hydrogens (primary N) is 1. The summed E-state index contributed by atoms with van der Waals surface area (Å²) in [6, 6.07) is 2.01. The van der Waals surface area contributed by atoms with Gasteiger partial charge in [-0.2, -0.15) is 5.26 Å². The zero-order valence-electron chi connectivity index (χ0n) is 8.74. The van der Waals surface area contributed by atoms with E-state index in [0.717, 1.165) is 0 Å². The summed E-state index contributed by atoms with van der Waals surface area (Å²) in [5.41, 5.74) is 6.73. The van der Waals surface area contributed by atoms with Crippen LogP contribution in [0.3, 0.4) is 0 Å². The van der Waals surface area contributed by atoms with E-state index in [-0.39, 0.29) is 5.95 Å². The van der Waals surface area contributed by atoms with Crippen LogP contribution in [-0.4, -0.2) is 16.6 Å². The standard InChI is InChI=1S/C10H12N4O/c1-4-15-7(3)9-8(5-11)6(2)13-10(12)14-9/h3-4H2,1-2H3,(H2,12,13,14). The molecule has 0 spiro atoms. The molecule has 1 aromatic rings. The van der Waals surface area contributed by atoms with Gasteiger partial charge in [0.25, 0.3) is 0 Å². The first-order valence-electron chi connectivity index (χ1n) is 4.46. The highest BCUT2D eigenvalue weighted by Gasteiger charge is 2.13. The average Bonchev–Trinajstić information content (AvgIpc) is 2.17. The minimum Gasteiger partial charge on any atom is -0.492 e. The lowest BCUT2D eigenvalue weighted by atomic mass is 10.1. The molecule has 0 bridgehead atoms. The van der Waals surface area contributed by atoms with Crippen LogP contribution in [0.2, 0.25) is 0 Å². The fourth-order valence-corrected chi connectivity index (χ4v) is 1.17. The Bertz CT molecular complexity index is 434. The van der Waals surface area contributed by atoms with Crippen LogP contribution in [0.5, 0.6) is 0 Å². The van der Waals surface area contributed by atoms with Gasteiger partial charge >= 0.3 is 0 Å².